The van der Waals surface area contributed by atoms with E-state index in [4.69, 9.17) is 0 Å². The highest BCUT2D eigenvalue weighted by Gasteiger charge is 2.17. The van der Waals surface area contributed by atoms with Crippen molar-refractivity contribution in [2.75, 3.05) is 18.9 Å². The van der Waals surface area contributed by atoms with E-state index in [1.165, 1.54) is 0 Å². The SMILES string of the molecule is CCN(Cc1ccncc1)C(=O)c1ccncc1NC. The molecule has 20 heavy (non-hydrogen) atoms. The minimum Gasteiger partial charge on any atom is -0.386 e. The summed E-state index contributed by atoms with van der Waals surface area (Å²) in [7, 11) is 1.78. The van der Waals surface area contributed by atoms with Gasteiger partial charge < -0.3 is 10.2 Å². The molecular weight excluding hydrogens is 252 g/mol. The average molecular weight is 270 g/mol. The molecule has 5 heteroatoms. The lowest BCUT2D eigenvalue weighted by Gasteiger charge is -2.22. The lowest BCUT2D eigenvalue weighted by molar-refractivity contribution is 0.0753. The molecule has 0 aliphatic carbocycles. The number of hydrogen-bond donors (Lipinski definition) is 1. The van der Waals surface area contributed by atoms with Gasteiger partial charge in [0.05, 0.1) is 17.4 Å². The maximum absolute atomic E-state index is 12.6. The van der Waals surface area contributed by atoms with Gasteiger partial charge in [0.2, 0.25) is 0 Å². The van der Waals surface area contributed by atoms with Crippen molar-refractivity contribution in [3.05, 3.63) is 54.1 Å². The number of anilines is 1. The number of amides is 1. The summed E-state index contributed by atoms with van der Waals surface area (Å²) in [5, 5.41) is 3.00. The number of nitrogens with zero attached hydrogens (tertiary/aromatic N) is 3. The average Bonchev–Trinajstić information content (AvgIpc) is 2.53. The Bertz CT molecular complexity index is 571. The van der Waals surface area contributed by atoms with Crippen LogP contribution in [-0.4, -0.2) is 34.4 Å². The van der Waals surface area contributed by atoms with Crippen LogP contribution in [0.15, 0.2) is 43.0 Å². The second-order valence-corrected chi connectivity index (χ2v) is 4.35. The van der Waals surface area contributed by atoms with E-state index in [1.54, 1.807) is 42.8 Å². The van der Waals surface area contributed by atoms with Gasteiger partial charge in [-0.3, -0.25) is 14.8 Å². The van der Waals surface area contributed by atoms with Crippen LogP contribution in [0.4, 0.5) is 5.69 Å². The summed E-state index contributed by atoms with van der Waals surface area (Å²) >= 11 is 0. The summed E-state index contributed by atoms with van der Waals surface area (Å²) < 4.78 is 0. The molecule has 0 saturated heterocycles. The van der Waals surface area contributed by atoms with Crippen molar-refractivity contribution in [2.24, 2.45) is 0 Å². The molecule has 2 rings (SSSR count). The number of carbonyl (C=O) groups is 1. The van der Waals surface area contributed by atoms with Gasteiger partial charge >= 0.3 is 0 Å². The maximum atomic E-state index is 12.6. The highest BCUT2D eigenvalue weighted by atomic mass is 16.2. The Kier molecular flexibility index (Phi) is 4.65. The Hall–Kier alpha value is -2.43. The van der Waals surface area contributed by atoms with Crippen molar-refractivity contribution in [1.82, 2.24) is 14.9 Å². The minimum absolute atomic E-state index is 0.00365. The largest absolute Gasteiger partial charge is 0.386 e. The monoisotopic (exact) mass is 270 g/mol. The summed E-state index contributed by atoms with van der Waals surface area (Å²) in [4.78, 5) is 22.4. The van der Waals surface area contributed by atoms with E-state index in [-0.39, 0.29) is 5.91 Å². The topological polar surface area (TPSA) is 58.1 Å². The van der Waals surface area contributed by atoms with Crippen molar-refractivity contribution in [3.8, 4) is 0 Å². The molecule has 1 N–H and O–H groups in total. The summed E-state index contributed by atoms with van der Waals surface area (Å²) in [5.41, 5.74) is 2.44. The van der Waals surface area contributed by atoms with Crippen LogP contribution in [0.5, 0.6) is 0 Å². The van der Waals surface area contributed by atoms with E-state index >= 15 is 0 Å². The molecule has 0 radical (unpaired) electrons. The highest BCUT2D eigenvalue weighted by Crippen LogP contribution is 2.16. The molecule has 0 fully saturated rings. The minimum atomic E-state index is -0.00365. The van der Waals surface area contributed by atoms with E-state index in [9.17, 15) is 4.79 Å². The molecular formula is C15H18N4O. The third-order valence-electron chi connectivity index (χ3n) is 3.11. The molecule has 0 aliphatic heterocycles. The molecule has 1 amide bonds. The Morgan fingerprint density at radius 2 is 1.90 bits per heavy atom. The van der Waals surface area contributed by atoms with Gasteiger partial charge in [-0.2, -0.15) is 0 Å². The molecule has 0 saturated carbocycles. The normalized spacial score (nSPS) is 10.1. The van der Waals surface area contributed by atoms with Crippen LogP contribution in [0.25, 0.3) is 0 Å². The predicted octanol–water partition coefficient (Wildman–Crippen LogP) is 2.18. The van der Waals surface area contributed by atoms with Gasteiger partial charge in [0.1, 0.15) is 0 Å². The first kappa shape index (κ1) is 14.0. The fourth-order valence-corrected chi connectivity index (χ4v) is 1.99. The van der Waals surface area contributed by atoms with Gasteiger partial charge in [0.15, 0.2) is 0 Å². The molecule has 5 nitrogen and oxygen atoms in total. The first-order valence-electron chi connectivity index (χ1n) is 6.56. The number of carbonyl (C=O) groups excluding carboxylic acids is 1. The van der Waals surface area contributed by atoms with Gasteiger partial charge in [-0.15, -0.1) is 0 Å². The van der Waals surface area contributed by atoms with Crippen molar-refractivity contribution < 1.29 is 4.79 Å². The fourth-order valence-electron chi connectivity index (χ4n) is 1.99. The lowest BCUT2D eigenvalue weighted by atomic mass is 10.1. The summed E-state index contributed by atoms with van der Waals surface area (Å²) in [6.45, 7) is 3.19. The molecule has 2 heterocycles. The first-order chi connectivity index (χ1) is 9.76. The molecule has 0 spiro atoms. The van der Waals surface area contributed by atoms with Crippen LogP contribution in [-0.2, 0) is 6.54 Å². The first-order valence-corrected chi connectivity index (χ1v) is 6.56. The molecule has 0 aliphatic rings. The van der Waals surface area contributed by atoms with Crippen LogP contribution < -0.4 is 5.32 Å². The zero-order valence-corrected chi connectivity index (χ0v) is 11.7. The van der Waals surface area contributed by atoms with E-state index in [0.717, 1.165) is 11.3 Å². The molecule has 2 aromatic heterocycles. The van der Waals surface area contributed by atoms with E-state index in [2.05, 4.69) is 15.3 Å². The van der Waals surface area contributed by atoms with E-state index in [0.29, 0.717) is 18.7 Å². The standard InChI is InChI=1S/C15H18N4O/c1-3-19(11-12-4-7-17-8-5-12)15(20)13-6-9-18-10-14(13)16-2/h4-10,16H,3,11H2,1-2H3. The number of rotatable bonds is 5. The Labute approximate surface area is 118 Å². The van der Waals surface area contributed by atoms with E-state index < -0.39 is 0 Å². The molecule has 0 unspecified atom stereocenters. The summed E-state index contributed by atoms with van der Waals surface area (Å²) in [6.07, 6.45) is 6.76. The van der Waals surface area contributed by atoms with Crippen LogP contribution in [0.2, 0.25) is 0 Å². The summed E-state index contributed by atoms with van der Waals surface area (Å²) in [5.74, 6) is -0.00365. The Morgan fingerprint density at radius 1 is 1.20 bits per heavy atom. The number of nitrogens with one attached hydrogen (secondary N) is 1. The number of aromatic nitrogens is 2. The number of pyridine rings is 2. The van der Waals surface area contributed by atoms with Gasteiger partial charge in [-0.05, 0) is 30.7 Å². The molecule has 2 aromatic rings. The molecule has 104 valence electrons. The van der Waals surface area contributed by atoms with E-state index in [1.807, 2.05) is 19.1 Å². The van der Waals surface area contributed by atoms with Gasteiger partial charge in [0.25, 0.3) is 5.91 Å². The second-order valence-electron chi connectivity index (χ2n) is 4.35. The fraction of sp³-hybridized carbons (Fsp3) is 0.267. The lowest BCUT2D eigenvalue weighted by Crippen LogP contribution is -2.30. The molecule has 0 aromatic carbocycles. The predicted molar refractivity (Wildman–Crippen MR) is 78.4 cm³/mol. The van der Waals surface area contributed by atoms with Crippen LogP contribution >= 0.6 is 0 Å². The van der Waals surface area contributed by atoms with Crippen molar-refractivity contribution >= 4 is 11.6 Å². The second kappa shape index (κ2) is 6.65. The summed E-state index contributed by atoms with van der Waals surface area (Å²) in [6, 6.07) is 5.58. The molecule has 0 bridgehead atoms. The quantitative estimate of drug-likeness (QED) is 0.904. The Balaban J connectivity index is 2.21. The third kappa shape index (κ3) is 3.12. The van der Waals surface area contributed by atoms with Gasteiger partial charge in [-0.25, -0.2) is 0 Å². The van der Waals surface area contributed by atoms with Crippen LogP contribution in [0.3, 0.4) is 0 Å². The van der Waals surface area contributed by atoms with Gasteiger partial charge in [-0.1, -0.05) is 0 Å². The maximum Gasteiger partial charge on any atom is 0.256 e. The third-order valence-corrected chi connectivity index (χ3v) is 3.11. The molecule has 0 atom stereocenters. The Morgan fingerprint density at radius 3 is 2.55 bits per heavy atom. The highest BCUT2D eigenvalue weighted by molar-refractivity contribution is 5.99. The van der Waals surface area contributed by atoms with Crippen molar-refractivity contribution in [3.63, 3.8) is 0 Å². The smallest absolute Gasteiger partial charge is 0.256 e. The zero-order chi connectivity index (χ0) is 14.4. The van der Waals surface area contributed by atoms with Crippen LogP contribution in [0.1, 0.15) is 22.8 Å². The number of hydrogen-bond acceptors (Lipinski definition) is 4. The van der Waals surface area contributed by atoms with Gasteiger partial charge in [0, 0.05) is 38.7 Å². The zero-order valence-electron chi connectivity index (χ0n) is 11.7. The van der Waals surface area contributed by atoms with Crippen LogP contribution in [0, 0.1) is 0 Å². The van der Waals surface area contributed by atoms with Crippen molar-refractivity contribution in [2.45, 2.75) is 13.5 Å². The van der Waals surface area contributed by atoms with Crippen molar-refractivity contribution in [1.29, 1.82) is 0 Å².